The monoisotopic (exact) mass is 205 g/mol. The van der Waals surface area contributed by atoms with Crippen molar-refractivity contribution in [3.63, 3.8) is 0 Å². The minimum atomic E-state index is -1.35. The Morgan fingerprint density at radius 2 is 2.29 bits per heavy atom. The van der Waals surface area contributed by atoms with E-state index in [1.807, 2.05) is 0 Å². The van der Waals surface area contributed by atoms with E-state index in [1.54, 1.807) is 0 Å². The fraction of sp³-hybridized carbons (Fsp3) is 1.00. The molecule has 0 aromatic rings. The first-order valence-electron chi connectivity index (χ1n) is 4.01. The van der Waals surface area contributed by atoms with Gasteiger partial charge in [-0.15, -0.1) is 0 Å². The lowest BCUT2D eigenvalue weighted by atomic mass is 10.0. The summed E-state index contributed by atoms with van der Waals surface area (Å²) in [7, 11) is 0. The molecule has 0 saturated carbocycles. The van der Waals surface area contributed by atoms with E-state index in [4.69, 9.17) is 20.5 Å². The van der Waals surface area contributed by atoms with E-state index in [2.05, 4.69) is 15.0 Å². The van der Waals surface area contributed by atoms with Gasteiger partial charge in [0.1, 0.15) is 23.6 Å². The molecule has 4 atom stereocenters. The highest BCUT2D eigenvalue weighted by atomic mass is 16.7. The van der Waals surface area contributed by atoms with Crippen LogP contribution in [0.25, 0.3) is 10.4 Å². The van der Waals surface area contributed by atoms with Gasteiger partial charge in [-0.1, -0.05) is 0 Å². The van der Waals surface area contributed by atoms with Gasteiger partial charge in [0.2, 0.25) is 0 Å². The van der Waals surface area contributed by atoms with Gasteiger partial charge in [0.25, 0.3) is 0 Å². The topological polar surface area (TPSA) is 128 Å². The van der Waals surface area contributed by atoms with Crippen LogP contribution in [0.15, 0.2) is 5.28 Å². The molecule has 0 radical (unpaired) electrons. The van der Waals surface area contributed by atoms with E-state index >= 15 is 0 Å². The molecule has 0 unspecified atom stereocenters. The number of hydrogen-bond donors (Lipinski definition) is 3. The maximum Gasteiger partial charge on any atom is 0.181 e. The molecule has 1 rings (SSSR count). The normalized spacial score (nSPS) is 37.4. The number of nitrogens with zero attached hydrogens (tertiary/aromatic N) is 3. The Balaban J connectivity index is 2.57. The summed E-state index contributed by atoms with van der Waals surface area (Å²) in [6.45, 7) is -0.393. The number of azide groups is 1. The molecule has 8 nitrogen and oxygen atoms in total. The van der Waals surface area contributed by atoms with Crippen LogP contribution in [0.1, 0.15) is 6.42 Å². The van der Waals surface area contributed by atoms with Crippen LogP contribution in [-0.2, 0) is 9.57 Å². The van der Waals surface area contributed by atoms with E-state index in [0.717, 1.165) is 0 Å². The van der Waals surface area contributed by atoms with Crippen LogP contribution in [0.4, 0.5) is 0 Å². The lowest BCUT2D eigenvalue weighted by Crippen LogP contribution is -2.49. The van der Waals surface area contributed by atoms with Crippen LogP contribution in [0, 0.1) is 0 Å². The van der Waals surface area contributed by atoms with Gasteiger partial charge in [-0.05, 0) is 5.53 Å². The second-order valence-corrected chi connectivity index (χ2v) is 2.87. The molecule has 0 bridgehead atoms. The largest absolute Gasteiger partial charge is 0.427 e. The highest BCUT2D eigenvalue weighted by Gasteiger charge is 2.37. The van der Waals surface area contributed by atoms with Gasteiger partial charge in [0.15, 0.2) is 6.29 Å². The van der Waals surface area contributed by atoms with E-state index in [-0.39, 0.29) is 6.42 Å². The molecule has 0 aromatic heterocycles. The molecule has 1 saturated heterocycles. The summed E-state index contributed by atoms with van der Waals surface area (Å²) in [5, 5.41) is 30.0. The van der Waals surface area contributed by atoms with Crippen LogP contribution in [0.3, 0.4) is 0 Å². The summed E-state index contributed by atoms with van der Waals surface area (Å²) in [4.78, 5) is 6.97. The summed E-state index contributed by atoms with van der Waals surface area (Å²) in [6, 6.07) is 0. The van der Waals surface area contributed by atoms with Crippen molar-refractivity contribution in [1.82, 2.24) is 0 Å². The Morgan fingerprint density at radius 1 is 1.57 bits per heavy atom. The standard InChI is InChI=1S/C6H11N3O5/c7-8-9-14-4-1-3(11)6(12)13-5(4)2-10/h3-6,10-12H,1-2H2/t3-,4+,5-,6+/m1/s1. The van der Waals surface area contributed by atoms with Crippen molar-refractivity contribution in [1.29, 1.82) is 0 Å². The molecular formula is C6H11N3O5. The van der Waals surface area contributed by atoms with Crippen molar-refractivity contribution in [2.24, 2.45) is 5.28 Å². The van der Waals surface area contributed by atoms with E-state index < -0.39 is 31.2 Å². The van der Waals surface area contributed by atoms with E-state index in [0.29, 0.717) is 0 Å². The number of aliphatic hydroxyl groups is 3. The Bertz CT molecular complexity index is 232. The molecule has 14 heavy (non-hydrogen) atoms. The average molecular weight is 205 g/mol. The molecular weight excluding hydrogens is 194 g/mol. The molecule has 0 spiro atoms. The van der Waals surface area contributed by atoms with E-state index in [1.165, 1.54) is 0 Å². The SMILES string of the molecule is [N-]=[N+]=NO[C@H]1C[C@@H](O)[C@@H](O)O[C@@H]1CO. The first kappa shape index (κ1) is 11.0. The summed E-state index contributed by atoms with van der Waals surface area (Å²) < 4.78 is 4.80. The van der Waals surface area contributed by atoms with E-state index in [9.17, 15) is 5.11 Å². The van der Waals surface area contributed by atoms with Crippen molar-refractivity contribution in [2.45, 2.75) is 31.0 Å². The van der Waals surface area contributed by atoms with Crippen molar-refractivity contribution in [2.75, 3.05) is 6.61 Å². The minimum absolute atomic E-state index is 0.0331. The second kappa shape index (κ2) is 4.99. The van der Waals surface area contributed by atoms with Crippen molar-refractivity contribution >= 4 is 0 Å². The number of hydrogen-bond acceptors (Lipinski definition) is 6. The molecule has 8 heteroatoms. The highest BCUT2D eigenvalue weighted by molar-refractivity contribution is 4.80. The molecule has 80 valence electrons. The summed E-state index contributed by atoms with van der Waals surface area (Å²) >= 11 is 0. The second-order valence-electron chi connectivity index (χ2n) is 2.87. The third-order valence-corrected chi connectivity index (χ3v) is 1.93. The zero-order chi connectivity index (χ0) is 10.6. The van der Waals surface area contributed by atoms with Crippen molar-refractivity contribution in [3.8, 4) is 0 Å². The maximum atomic E-state index is 9.19. The third-order valence-electron chi connectivity index (χ3n) is 1.93. The summed E-state index contributed by atoms with van der Waals surface area (Å²) in [5.74, 6) is 0. The Kier molecular flexibility index (Phi) is 3.93. The first-order valence-corrected chi connectivity index (χ1v) is 4.01. The predicted octanol–water partition coefficient (Wildman–Crippen LogP) is -0.943. The van der Waals surface area contributed by atoms with Gasteiger partial charge in [0.05, 0.1) is 6.61 Å². The van der Waals surface area contributed by atoms with Crippen LogP contribution in [0.2, 0.25) is 0 Å². The smallest absolute Gasteiger partial charge is 0.181 e. The van der Waals surface area contributed by atoms with Crippen molar-refractivity contribution < 1.29 is 24.9 Å². The van der Waals surface area contributed by atoms with Gasteiger partial charge in [-0.25, -0.2) is 0 Å². The minimum Gasteiger partial charge on any atom is -0.427 e. The molecule has 3 N–H and O–H groups in total. The van der Waals surface area contributed by atoms with Crippen LogP contribution in [0.5, 0.6) is 0 Å². The lowest BCUT2D eigenvalue weighted by molar-refractivity contribution is -0.259. The maximum absolute atomic E-state index is 9.19. The number of rotatable bonds is 3. The van der Waals surface area contributed by atoms with Crippen LogP contribution in [-0.4, -0.2) is 46.5 Å². The Hall–Kier alpha value is -1.05. The van der Waals surface area contributed by atoms with Gasteiger partial charge >= 0.3 is 0 Å². The molecule has 0 aromatic carbocycles. The molecule has 0 aliphatic carbocycles. The number of aliphatic hydroxyl groups excluding tert-OH is 3. The Morgan fingerprint density at radius 3 is 2.86 bits per heavy atom. The van der Waals surface area contributed by atoms with Crippen LogP contribution >= 0.6 is 0 Å². The third kappa shape index (κ3) is 2.47. The quantitative estimate of drug-likeness (QED) is 0.237. The fourth-order valence-electron chi connectivity index (χ4n) is 1.22. The summed E-state index contributed by atoms with van der Waals surface area (Å²) in [5.41, 5.74) is 7.99. The predicted molar refractivity (Wildman–Crippen MR) is 42.6 cm³/mol. The van der Waals surface area contributed by atoms with Gasteiger partial charge < -0.3 is 24.9 Å². The Labute approximate surface area is 79.3 Å². The molecule has 1 aliphatic rings. The van der Waals surface area contributed by atoms with Gasteiger partial charge in [-0.3, -0.25) is 0 Å². The zero-order valence-corrected chi connectivity index (χ0v) is 7.22. The fourth-order valence-corrected chi connectivity index (χ4v) is 1.22. The molecule has 0 amide bonds. The summed E-state index contributed by atoms with van der Waals surface area (Å²) in [6.07, 6.45) is -3.99. The van der Waals surface area contributed by atoms with Gasteiger partial charge in [-0.2, -0.15) is 0 Å². The average Bonchev–Trinajstić information content (AvgIpc) is 2.19. The van der Waals surface area contributed by atoms with Gasteiger partial charge in [0, 0.05) is 11.3 Å². The zero-order valence-electron chi connectivity index (χ0n) is 7.22. The number of ether oxygens (including phenoxy) is 1. The molecule has 1 heterocycles. The van der Waals surface area contributed by atoms with Crippen molar-refractivity contribution in [3.05, 3.63) is 10.4 Å². The lowest BCUT2D eigenvalue weighted by Gasteiger charge is -2.34. The molecule has 1 fully saturated rings. The van der Waals surface area contributed by atoms with Crippen LogP contribution < -0.4 is 0 Å². The first-order chi connectivity index (χ1) is 6.69. The highest BCUT2D eigenvalue weighted by Crippen LogP contribution is 2.21. The molecule has 1 aliphatic heterocycles.